The number of imide groups is 1. The highest BCUT2D eigenvalue weighted by Gasteiger charge is 2.34. The molecule has 9 nitrogen and oxygen atoms in total. The Morgan fingerprint density at radius 2 is 1.56 bits per heavy atom. The Morgan fingerprint density at radius 1 is 1.00 bits per heavy atom. The lowest BCUT2D eigenvalue weighted by Gasteiger charge is -2.34. The lowest BCUT2D eigenvalue weighted by molar-refractivity contribution is 0.0654. The Kier molecular flexibility index (Phi) is 5.58. The average Bonchev–Trinajstić information content (AvgIpc) is 2.93. The third kappa shape index (κ3) is 3.86. The van der Waals surface area contributed by atoms with Crippen molar-refractivity contribution in [1.82, 2.24) is 20.0 Å². The van der Waals surface area contributed by atoms with Crippen LogP contribution in [0.1, 0.15) is 27.6 Å². The van der Waals surface area contributed by atoms with Crippen molar-refractivity contribution in [2.45, 2.75) is 6.92 Å². The molecule has 0 atom stereocenters. The third-order valence-electron chi connectivity index (χ3n) is 4.58. The first kappa shape index (κ1) is 18.7. The SMILES string of the molecule is CCOC(=O)N1CCN(C(=O)NCCN2C(=O)c3ccccc3C2=O)CC1. The van der Waals surface area contributed by atoms with Crippen LogP contribution in [0.4, 0.5) is 9.59 Å². The molecule has 0 spiro atoms. The number of piperazine rings is 1. The van der Waals surface area contributed by atoms with Crippen LogP contribution in [0, 0.1) is 0 Å². The van der Waals surface area contributed by atoms with Gasteiger partial charge in [-0.2, -0.15) is 0 Å². The minimum atomic E-state index is -0.372. The smallest absolute Gasteiger partial charge is 0.409 e. The number of hydrogen-bond donors (Lipinski definition) is 1. The van der Waals surface area contributed by atoms with Gasteiger partial charge >= 0.3 is 12.1 Å². The molecule has 0 bridgehead atoms. The molecule has 27 heavy (non-hydrogen) atoms. The van der Waals surface area contributed by atoms with E-state index in [0.717, 1.165) is 4.90 Å². The van der Waals surface area contributed by atoms with E-state index in [2.05, 4.69) is 5.32 Å². The van der Waals surface area contributed by atoms with Gasteiger partial charge in [0, 0.05) is 39.3 Å². The van der Waals surface area contributed by atoms with Crippen molar-refractivity contribution in [2.24, 2.45) is 0 Å². The Morgan fingerprint density at radius 3 is 2.11 bits per heavy atom. The number of carbonyl (C=O) groups is 4. The highest BCUT2D eigenvalue weighted by Crippen LogP contribution is 2.21. The number of carbonyl (C=O) groups excluding carboxylic acids is 4. The number of nitrogens with one attached hydrogen (secondary N) is 1. The summed E-state index contributed by atoms with van der Waals surface area (Å²) in [4.78, 5) is 52.8. The molecule has 1 aromatic rings. The number of ether oxygens (including phenoxy) is 1. The highest BCUT2D eigenvalue weighted by molar-refractivity contribution is 6.21. The van der Waals surface area contributed by atoms with Crippen LogP contribution in [0.15, 0.2) is 24.3 Å². The molecular formula is C18H22N4O5. The summed E-state index contributed by atoms with van der Waals surface area (Å²) in [5.41, 5.74) is 0.785. The van der Waals surface area contributed by atoms with Gasteiger partial charge in [0.05, 0.1) is 17.7 Å². The lowest BCUT2D eigenvalue weighted by Crippen LogP contribution is -2.54. The van der Waals surface area contributed by atoms with Crippen LogP contribution in [0.5, 0.6) is 0 Å². The van der Waals surface area contributed by atoms with Gasteiger partial charge in [-0.1, -0.05) is 12.1 Å². The van der Waals surface area contributed by atoms with Crippen LogP contribution < -0.4 is 5.32 Å². The number of hydrogen-bond acceptors (Lipinski definition) is 5. The molecule has 1 aromatic carbocycles. The van der Waals surface area contributed by atoms with Gasteiger partial charge in [-0.25, -0.2) is 9.59 Å². The van der Waals surface area contributed by atoms with Gasteiger partial charge < -0.3 is 19.9 Å². The number of urea groups is 1. The molecule has 1 saturated heterocycles. The summed E-state index contributed by atoms with van der Waals surface area (Å²) < 4.78 is 4.94. The van der Waals surface area contributed by atoms with Crippen molar-refractivity contribution in [2.75, 3.05) is 45.9 Å². The van der Waals surface area contributed by atoms with Crippen LogP contribution >= 0.6 is 0 Å². The molecule has 0 saturated carbocycles. The fourth-order valence-corrected chi connectivity index (χ4v) is 3.14. The molecule has 9 heteroatoms. The number of benzene rings is 1. The van der Waals surface area contributed by atoms with Crippen molar-refractivity contribution in [1.29, 1.82) is 0 Å². The zero-order chi connectivity index (χ0) is 19.4. The third-order valence-corrected chi connectivity index (χ3v) is 4.58. The zero-order valence-corrected chi connectivity index (χ0v) is 15.1. The van der Waals surface area contributed by atoms with Gasteiger partial charge in [0.25, 0.3) is 11.8 Å². The zero-order valence-electron chi connectivity index (χ0n) is 15.1. The summed E-state index contributed by atoms with van der Waals surface area (Å²) in [5.74, 6) is -0.680. The van der Waals surface area contributed by atoms with E-state index >= 15 is 0 Å². The molecule has 0 unspecified atom stereocenters. The van der Waals surface area contributed by atoms with Crippen LogP contribution in [0.3, 0.4) is 0 Å². The fourth-order valence-electron chi connectivity index (χ4n) is 3.14. The van der Waals surface area contributed by atoms with Gasteiger partial charge in [-0.15, -0.1) is 0 Å². The summed E-state index contributed by atoms with van der Waals surface area (Å²) in [7, 11) is 0. The maximum Gasteiger partial charge on any atom is 0.409 e. The van der Waals surface area contributed by atoms with Crippen LogP contribution in [0.25, 0.3) is 0 Å². The van der Waals surface area contributed by atoms with Crippen molar-refractivity contribution < 1.29 is 23.9 Å². The molecular weight excluding hydrogens is 352 g/mol. The van der Waals surface area contributed by atoms with E-state index in [-0.39, 0.29) is 37.0 Å². The van der Waals surface area contributed by atoms with E-state index in [0.29, 0.717) is 43.9 Å². The average molecular weight is 374 g/mol. The van der Waals surface area contributed by atoms with Crippen LogP contribution in [-0.2, 0) is 4.74 Å². The number of rotatable bonds is 4. The number of fused-ring (bicyclic) bond motifs is 1. The molecule has 3 rings (SSSR count). The summed E-state index contributed by atoms with van der Waals surface area (Å²) in [5, 5.41) is 2.72. The maximum absolute atomic E-state index is 12.3. The van der Waals surface area contributed by atoms with Crippen molar-refractivity contribution in [3.63, 3.8) is 0 Å². The van der Waals surface area contributed by atoms with Crippen molar-refractivity contribution in [3.05, 3.63) is 35.4 Å². The van der Waals surface area contributed by atoms with E-state index in [1.165, 1.54) is 0 Å². The first-order valence-corrected chi connectivity index (χ1v) is 8.92. The number of amides is 5. The van der Waals surface area contributed by atoms with Crippen molar-refractivity contribution in [3.8, 4) is 0 Å². The highest BCUT2D eigenvalue weighted by atomic mass is 16.6. The Hall–Kier alpha value is -3.10. The first-order chi connectivity index (χ1) is 13.0. The summed E-state index contributed by atoms with van der Waals surface area (Å²) in [6.45, 7) is 3.96. The van der Waals surface area contributed by atoms with E-state index in [1.807, 2.05) is 0 Å². The molecule has 1 fully saturated rings. The molecule has 0 aromatic heterocycles. The predicted octanol–water partition coefficient (Wildman–Crippen LogP) is 0.766. The van der Waals surface area contributed by atoms with E-state index < -0.39 is 0 Å². The van der Waals surface area contributed by atoms with E-state index in [4.69, 9.17) is 4.74 Å². The second-order valence-electron chi connectivity index (χ2n) is 6.21. The van der Waals surface area contributed by atoms with Gasteiger partial charge in [-0.05, 0) is 19.1 Å². The molecule has 2 heterocycles. The molecule has 5 amide bonds. The van der Waals surface area contributed by atoms with Crippen molar-refractivity contribution >= 4 is 23.9 Å². The lowest BCUT2D eigenvalue weighted by atomic mass is 10.1. The predicted molar refractivity (Wildman–Crippen MR) is 95.4 cm³/mol. The summed E-state index contributed by atoms with van der Waals surface area (Å²) >= 11 is 0. The first-order valence-electron chi connectivity index (χ1n) is 8.92. The topological polar surface area (TPSA) is 99.3 Å². The standard InChI is InChI=1S/C18H22N4O5/c1-2-27-18(26)21-11-9-20(10-12-21)17(25)19-7-8-22-15(23)13-5-3-4-6-14(13)16(22)24/h3-6H,2,7-12H2,1H3,(H,19,25). The minimum Gasteiger partial charge on any atom is -0.450 e. The normalized spacial score (nSPS) is 16.4. The molecule has 2 aliphatic heterocycles. The Balaban J connectivity index is 1.44. The van der Waals surface area contributed by atoms with Gasteiger partial charge in [0.2, 0.25) is 0 Å². The van der Waals surface area contributed by atoms with Crippen LogP contribution in [0.2, 0.25) is 0 Å². The van der Waals surface area contributed by atoms with E-state index in [9.17, 15) is 19.2 Å². The van der Waals surface area contributed by atoms with Gasteiger partial charge in [0.1, 0.15) is 0 Å². The molecule has 0 aliphatic carbocycles. The number of nitrogens with zero attached hydrogens (tertiary/aromatic N) is 3. The summed E-state index contributed by atoms with van der Waals surface area (Å²) in [6, 6.07) is 6.39. The second-order valence-corrected chi connectivity index (χ2v) is 6.21. The Labute approximate surface area is 156 Å². The van der Waals surface area contributed by atoms with Crippen LogP contribution in [-0.4, -0.2) is 84.5 Å². The molecule has 1 N–H and O–H groups in total. The largest absolute Gasteiger partial charge is 0.450 e. The summed E-state index contributed by atoms with van der Waals surface area (Å²) in [6.07, 6.45) is -0.372. The molecule has 144 valence electrons. The second kappa shape index (κ2) is 8.07. The monoisotopic (exact) mass is 374 g/mol. The molecule has 0 radical (unpaired) electrons. The van der Waals surface area contributed by atoms with Gasteiger partial charge in [0.15, 0.2) is 0 Å². The fraction of sp³-hybridized carbons (Fsp3) is 0.444. The van der Waals surface area contributed by atoms with E-state index in [1.54, 1.807) is 41.0 Å². The van der Waals surface area contributed by atoms with Gasteiger partial charge in [-0.3, -0.25) is 14.5 Å². The Bertz CT molecular complexity index is 723. The molecule has 2 aliphatic rings. The maximum atomic E-state index is 12.3. The quantitative estimate of drug-likeness (QED) is 0.785. The minimum absolute atomic E-state index is 0.112.